The summed E-state index contributed by atoms with van der Waals surface area (Å²) in [6, 6.07) is 13.0. The second kappa shape index (κ2) is 5.13. The predicted molar refractivity (Wildman–Crippen MR) is 85.8 cm³/mol. The third kappa shape index (κ3) is 1.96. The molecule has 6 nitrogen and oxygen atoms in total. The van der Waals surface area contributed by atoms with Gasteiger partial charge in [0.2, 0.25) is 11.8 Å². The molecule has 0 N–H and O–H groups in total. The van der Waals surface area contributed by atoms with E-state index in [1.807, 2.05) is 0 Å². The first kappa shape index (κ1) is 14.3. The van der Waals surface area contributed by atoms with Gasteiger partial charge in [-0.15, -0.1) is 0 Å². The highest BCUT2D eigenvalue weighted by molar-refractivity contribution is 6.34. The van der Waals surface area contributed by atoms with E-state index < -0.39 is 11.8 Å². The van der Waals surface area contributed by atoms with Crippen molar-refractivity contribution in [3.8, 4) is 0 Å². The van der Waals surface area contributed by atoms with Gasteiger partial charge in [0.05, 0.1) is 22.5 Å². The Morgan fingerprint density at radius 3 is 1.67 bits per heavy atom. The lowest BCUT2D eigenvalue weighted by molar-refractivity contribution is -0.121. The molecule has 0 aromatic heterocycles. The Labute approximate surface area is 137 Å². The van der Waals surface area contributed by atoms with Crippen LogP contribution in [0.25, 0.3) is 0 Å². The second-order valence-electron chi connectivity index (χ2n) is 5.63. The number of fused-ring (bicyclic) bond motifs is 1. The van der Waals surface area contributed by atoms with E-state index in [0.717, 1.165) is 9.80 Å². The van der Waals surface area contributed by atoms with E-state index in [4.69, 9.17) is 0 Å². The lowest BCUT2D eigenvalue weighted by atomic mass is 10.1. The summed E-state index contributed by atoms with van der Waals surface area (Å²) in [7, 11) is 0. The zero-order valence-electron chi connectivity index (χ0n) is 12.6. The van der Waals surface area contributed by atoms with Crippen LogP contribution in [-0.2, 0) is 9.59 Å². The van der Waals surface area contributed by atoms with Crippen molar-refractivity contribution in [1.29, 1.82) is 0 Å². The zero-order valence-corrected chi connectivity index (χ0v) is 12.6. The third-order valence-corrected chi connectivity index (χ3v) is 4.19. The molecule has 0 radical (unpaired) electrons. The average Bonchev–Trinajstić information content (AvgIpc) is 3.05. The number of rotatable bonds is 2. The van der Waals surface area contributed by atoms with Gasteiger partial charge in [0.25, 0.3) is 11.8 Å². The molecule has 1 saturated heterocycles. The van der Waals surface area contributed by atoms with Gasteiger partial charge in [-0.1, -0.05) is 18.2 Å². The number of nitrogens with zero attached hydrogens (tertiary/aromatic N) is 2. The largest absolute Gasteiger partial charge is 0.274 e. The number of anilines is 2. The van der Waals surface area contributed by atoms with Gasteiger partial charge in [-0.05, 0) is 30.3 Å². The maximum absolute atomic E-state index is 12.5. The molecule has 0 unspecified atom stereocenters. The molecule has 1 fully saturated rings. The molecule has 2 aromatic rings. The molecule has 2 aliphatic rings. The van der Waals surface area contributed by atoms with Crippen LogP contribution in [-0.4, -0.2) is 23.6 Å². The fraction of sp³-hybridized carbons (Fsp3) is 0.111. The highest BCUT2D eigenvalue weighted by Crippen LogP contribution is 2.32. The molecular weight excluding hydrogens is 308 g/mol. The van der Waals surface area contributed by atoms with E-state index in [1.165, 1.54) is 6.07 Å². The first-order valence-corrected chi connectivity index (χ1v) is 7.51. The Bertz CT molecular complexity index is 868. The molecule has 6 heteroatoms. The van der Waals surface area contributed by atoms with E-state index in [9.17, 15) is 19.2 Å². The monoisotopic (exact) mass is 320 g/mol. The van der Waals surface area contributed by atoms with Crippen molar-refractivity contribution in [3.63, 3.8) is 0 Å². The molecule has 4 amide bonds. The normalized spacial score (nSPS) is 17.0. The number of amides is 4. The average molecular weight is 320 g/mol. The smallest absolute Gasteiger partial charge is 0.266 e. The van der Waals surface area contributed by atoms with E-state index in [0.29, 0.717) is 22.5 Å². The minimum atomic E-state index is -0.410. The van der Waals surface area contributed by atoms with Crippen LogP contribution in [0.15, 0.2) is 48.5 Å². The van der Waals surface area contributed by atoms with Gasteiger partial charge < -0.3 is 0 Å². The molecule has 2 heterocycles. The maximum atomic E-state index is 12.5. The second-order valence-corrected chi connectivity index (χ2v) is 5.63. The molecule has 118 valence electrons. The standard InChI is InChI=1S/C18H12N2O4/c21-15-8-9-16(22)19(15)11-4-3-5-12(10-11)20-17(23)13-6-1-2-7-14(13)18(20)24/h1-7,10H,8-9H2. The van der Waals surface area contributed by atoms with Crippen LogP contribution in [0.3, 0.4) is 0 Å². The van der Waals surface area contributed by atoms with Crippen LogP contribution in [0.5, 0.6) is 0 Å². The highest BCUT2D eigenvalue weighted by atomic mass is 16.2. The Morgan fingerprint density at radius 1 is 0.625 bits per heavy atom. The number of hydrogen-bond donors (Lipinski definition) is 0. The number of carbonyl (C=O) groups excluding carboxylic acids is 4. The van der Waals surface area contributed by atoms with Gasteiger partial charge in [0.15, 0.2) is 0 Å². The van der Waals surface area contributed by atoms with E-state index >= 15 is 0 Å². The van der Waals surface area contributed by atoms with Crippen molar-refractivity contribution in [1.82, 2.24) is 0 Å². The van der Waals surface area contributed by atoms with Gasteiger partial charge in [0.1, 0.15) is 0 Å². The molecule has 24 heavy (non-hydrogen) atoms. The first-order chi connectivity index (χ1) is 11.6. The lowest BCUT2D eigenvalue weighted by Gasteiger charge is -2.18. The van der Waals surface area contributed by atoms with Gasteiger partial charge in [-0.25, -0.2) is 4.90 Å². The molecule has 4 rings (SSSR count). The quantitative estimate of drug-likeness (QED) is 0.795. The molecule has 0 spiro atoms. The van der Waals surface area contributed by atoms with Gasteiger partial charge in [-0.3, -0.25) is 24.1 Å². The first-order valence-electron chi connectivity index (χ1n) is 7.51. The summed E-state index contributed by atoms with van der Waals surface area (Å²) in [6.45, 7) is 0. The van der Waals surface area contributed by atoms with E-state index in [-0.39, 0.29) is 24.7 Å². The Morgan fingerprint density at radius 2 is 1.12 bits per heavy atom. The minimum Gasteiger partial charge on any atom is -0.274 e. The fourth-order valence-corrected chi connectivity index (χ4v) is 3.06. The van der Waals surface area contributed by atoms with Crippen LogP contribution in [0.1, 0.15) is 33.6 Å². The van der Waals surface area contributed by atoms with Crippen LogP contribution in [0, 0.1) is 0 Å². The molecule has 0 atom stereocenters. The molecule has 2 aromatic carbocycles. The molecule has 0 aliphatic carbocycles. The minimum absolute atomic E-state index is 0.177. The predicted octanol–water partition coefficient (Wildman–Crippen LogP) is 2.14. The Hall–Kier alpha value is -3.28. The number of carbonyl (C=O) groups is 4. The van der Waals surface area contributed by atoms with Gasteiger partial charge in [-0.2, -0.15) is 0 Å². The summed E-state index contributed by atoms with van der Waals surface area (Å²) in [5.41, 5.74) is 1.41. The van der Waals surface area contributed by atoms with E-state index in [2.05, 4.69) is 0 Å². The van der Waals surface area contributed by atoms with Gasteiger partial charge >= 0.3 is 0 Å². The molecule has 0 bridgehead atoms. The fourth-order valence-electron chi connectivity index (χ4n) is 3.06. The van der Waals surface area contributed by atoms with Crippen LogP contribution in [0.4, 0.5) is 11.4 Å². The van der Waals surface area contributed by atoms with Crippen LogP contribution >= 0.6 is 0 Å². The third-order valence-electron chi connectivity index (χ3n) is 4.19. The lowest BCUT2D eigenvalue weighted by Crippen LogP contribution is -2.31. The highest BCUT2D eigenvalue weighted by Gasteiger charge is 2.37. The Balaban J connectivity index is 1.75. The van der Waals surface area contributed by atoms with Crippen LogP contribution < -0.4 is 9.80 Å². The number of benzene rings is 2. The maximum Gasteiger partial charge on any atom is 0.266 e. The van der Waals surface area contributed by atoms with Crippen molar-refractivity contribution in [2.45, 2.75) is 12.8 Å². The zero-order chi connectivity index (χ0) is 16.8. The van der Waals surface area contributed by atoms with Crippen molar-refractivity contribution in [3.05, 3.63) is 59.7 Å². The summed E-state index contributed by atoms with van der Waals surface area (Å²) in [4.78, 5) is 51.0. The van der Waals surface area contributed by atoms with Crippen molar-refractivity contribution in [2.24, 2.45) is 0 Å². The molecule has 2 aliphatic heterocycles. The summed E-state index contributed by atoms with van der Waals surface area (Å²) < 4.78 is 0. The van der Waals surface area contributed by atoms with Crippen molar-refractivity contribution in [2.75, 3.05) is 9.80 Å². The van der Waals surface area contributed by atoms with Crippen molar-refractivity contribution >= 4 is 35.0 Å². The molecular formula is C18H12N2O4. The van der Waals surface area contributed by atoms with Crippen molar-refractivity contribution < 1.29 is 19.2 Å². The van der Waals surface area contributed by atoms with Gasteiger partial charge in [0, 0.05) is 12.8 Å². The summed E-state index contributed by atoms with van der Waals surface area (Å²) in [6.07, 6.45) is 0.353. The number of hydrogen-bond acceptors (Lipinski definition) is 4. The number of imide groups is 2. The topological polar surface area (TPSA) is 74.8 Å². The Kier molecular flexibility index (Phi) is 3.06. The summed E-state index contributed by atoms with van der Waals surface area (Å²) in [5.74, 6) is -1.38. The summed E-state index contributed by atoms with van der Waals surface area (Å²) in [5, 5.41) is 0. The van der Waals surface area contributed by atoms with Crippen LogP contribution in [0.2, 0.25) is 0 Å². The SMILES string of the molecule is O=C1CCC(=O)N1c1cccc(N2C(=O)c3ccccc3C2=O)c1. The molecule has 0 saturated carbocycles. The summed E-state index contributed by atoms with van der Waals surface area (Å²) >= 11 is 0. The van der Waals surface area contributed by atoms with E-state index in [1.54, 1.807) is 42.5 Å².